The molecule has 1 aliphatic heterocycles. The minimum absolute atomic E-state index is 0.0326. The predicted octanol–water partition coefficient (Wildman–Crippen LogP) is 4.31. The van der Waals surface area contributed by atoms with Gasteiger partial charge in [0.1, 0.15) is 11.6 Å². The van der Waals surface area contributed by atoms with Crippen LogP contribution in [0.5, 0.6) is 11.6 Å². The number of aromatic nitrogens is 2. The molecule has 0 spiro atoms. The highest BCUT2D eigenvalue weighted by Crippen LogP contribution is 2.22. The van der Waals surface area contributed by atoms with Crippen molar-refractivity contribution < 1.29 is 13.9 Å². The molecule has 1 amide bonds. The SMILES string of the molecule is Cc1nc(CN2CCC(C(=O)NCc3ccnc(Oc4ccc(F)cc4)c3)CC2)cs1. The summed E-state index contributed by atoms with van der Waals surface area (Å²) in [4.78, 5) is 23.7. The zero-order valence-electron chi connectivity index (χ0n) is 17.4. The normalized spacial score (nSPS) is 15.0. The van der Waals surface area contributed by atoms with Crippen molar-refractivity contribution in [1.29, 1.82) is 0 Å². The Balaban J connectivity index is 1.24. The van der Waals surface area contributed by atoms with Crippen LogP contribution in [0.2, 0.25) is 0 Å². The molecule has 0 radical (unpaired) electrons. The quantitative estimate of drug-likeness (QED) is 0.593. The zero-order valence-corrected chi connectivity index (χ0v) is 18.2. The fourth-order valence-electron chi connectivity index (χ4n) is 3.64. The third-order valence-electron chi connectivity index (χ3n) is 5.31. The summed E-state index contributed by atoms with van der Waals surface area (Å²) in [7, 11) is 0. The Bertz CT molecular complexity index is 1020. The third kappa shape index (κ3) is 6.08. The molecule has 0 aliphatic carbocycles. The van der Waals surface area contributed by atoms with Gasteiger partial charge in [0.05, 0.1) is 10.7 Å². The molecule has 1 aliphatic rings. The topological polar surface area (TPSA) is 67.4 Å². The minimum atomic E-state index is -0.319. The second-order valence-electron chi connectivity index (χ2n) is 7.68. The van der Waals surface area contributed by atoms with E-state index < -0.39 is 0 Å². The monoisotopic (exact) mass is 440 g/mol. The van der Waals surface area contributed by atoms with E-state index in [1.54, 1.807) is 35.7 Å². The molecule has 1 fully saturated rings. The van der Waals surface area contributed by atoms with Crippen molar-refractivity contribution in [3.8, 4) is 11.6 Å². The molecule has 4 rings (SSSR count). The van der Waals surface area contributed by atoms with Crippen molar-refractivity contribution >= 4 is 17.2 Å². The molecule has 0 unspecified atom stereocenters. The number of pyridine rings is 1. The molecule has 3 aromatic rings. The van der Waals surface area contributed by atoms with E-state index in [4.69, 9.17) is 4.74 Å². The molecule has 0 saturated carbocycles. The summed E-state index contributed by atoms with van der Waals surface area (Å²) in [5, 5.41) is 6.23. The summed E-state index contributed by atoms with van der Waals surface area (Å²) in [6, 6.07) is 9.39. The number of hydrogen-bond donors (Lipinski definition) is 1. The average Bonchev–Trinajstić information content (AvgIpc) is 3.19. The standard InChI is InChI=1S/C23H25FN4O2S/c1-16-27-20(15-31-16)14-28-10-7-18(8-11-28)23(29)26-13-17-6-9-25-22(12-17)30-21-4-2-19(24)3-5-21/h2-6,9,12,15,18H,7-8,10-11,13-14H2,1H3,(H,26,29). The van der Waals surface area contributed by atoms with Gasteiger partial charge in [0.2, 0.25) is 11.8 Å². The van der Waals surface area contributed by atoms with E-state index in [1.807, 2.05) is 13.0 Å². The van der Waals surface area contributed by atoms with Gasteiger partial charge in [-0.05, 0) is 68.8 Å². The van der Waals surface area contributed by atoms with Crippen LogP contribution in [0, 0.1) is 18.7 Å². The van der Waals surface area contributed by atoms with Crippen molar-refractivity contribution in [2.75, 3.05) is 13.1 Å². The number of halogens is 1. The second kappa shape index (κ2) is 9.98. The number of carbonyl (C=O) groups is 1. The Kier molecular flexibility index (Phi) is 6.89. The smallest absolute Gasteiger partial charge is 0.223 e. The van der Waals surface area contributed by atoms with Crippen LogP contribution in [-0.4, -0.2) is 33.9 Å². The fourth-order valence-corrected chi connectivity index (χ4v) is 4.24. The maximum atomic E-state index is 13.0. The molecule has 0 atom stereocenters. The third-order valence-corrected chi connectivity index (χ3v) is 6.13. The number of carbonyl (C=O) groups excluding carboxylic acids is 1. The summed E-state index contributed by atoms with van der Waals surface area (Å²) in [5.41, 5.74) is 2.01. The van der Waals surface area contributed by atoms with Gasteiger partial charge in [-0.3, -0.25) is 9.69 Å². The van der Waals surface area contributed by atoms with Gasteiger partial charge in [-0.15, -0.1) is 11.3 Å². The highest BCUT2D eigenvalue weighted by molar-refractivity contribution is 7.09. The van der Waals surface area contributed by atoms with E-state index in [0.717, 1.165) is 48.7 Å². The van der Waals surface area contributed by atoms with Gasteiger partial charge >= 0.3 is 0 Å². The number of amides is 1. The van der Waals surface area contributed by atoms with Crippen molar-refractivity contribution in [2.24, 2.45) is 5.92 Å². The Morgan fingerprint density at radius 3 is 2.74 bits per heavy atom. The van der Waals surface area contributed by atoms with Crippen molar-refractivity contribution in [3.63, 3.8) is 0 Å². The van der Waals surface area contributed by atoms with Gasteiger partial charge in [-0.1, -0.05) is 0 Å². The van der Waals surface area contributed by atoms with Crippen LogP contribution < -0.4 is 10.1 Å². The molecule has 6 nitrogen and oxygen atoms in total. The lowest BCUT2D eigenvalue weighted by Crippen LogP contribution is -2.40. The number of ether oxygens (including phenoxy) is 1. The molecule has 0 bridgehead atoms. The number of hydrogen-bond acceptors (Lipinski definition) is 6. The van der Waals surface area contributed by atoms with E-state index in [1.165, 1.54) is 12.1 Å². The highest BCUT2D eigenvalue weighted by Gasteiger charge is 2.25. The molecular weight excluding hydrogens is 415 g/mol. The van der Waals surface area contributed by atoms with E-state index in [9.17, 15) is 9.18 Å². The summed E-state index contributed by atoms with van der Waals surface area (Å²) < 4.78 is 18.7. The average molecular weight is 441 g/mol. The summed E-state index contributed by atoms with van der Waals surface area (Å²) in [5.74, 6) is 0.714. The Labute approximate surface area is 185 Å². The number of nitrogens with one attached hydrogen (secondary N) is 1. The molecule has 1 saturated heterocycles. The summed E-state index contributed by atoms with van der Waals surface area (Å²) in [6.45, 7) is 5.09. The second-order valence-corrected chi connectivity index (χ2v) is 8.75. The molecule has 1 N–H and O–H groups in total. The molecule has 31 heavy (non-hydrogen) atoms. The van der Waals surface area contributed by atoms with Gasteiger partial charge in [0.25, 0.3) is 0 Å². The number of nitrogens with zero attached hydrogens (tertiary/aromatic N) is 3. The van der Waals surface area contributed by atoms with Crippen LogP contribution in [0.1, 0.15) is 29.1 Å². The van der Waals surface area contributed by atoms with E-state index in [-0.39, 0.29) is 17.6 Å². The van der Waals surface area contributed by atoms with E-state index >= 15 is 0 Å². The number of benzene rings is 1. The molecule has 162 valence electrons. The Morgan fingerprint density at radius 1 is 1.26 bits per heavy atom. The van der Waals surface area contributed by atoms with Gasteiger partial charge in [0.15, 0.2) is 0 Å². The zero-order chi connectivity index (χ0) is 21.6. The van der Waals surface area contributed by atoms with Crippen molar-refractivity contribution in [2.45, 2.75) is 32.9 Å². The Hall–Kier alpha value is -2.84. The molecule has 8 heteroatoms. The first-order valence-corrected chi connectivity index (χ1v) is 11.2. The number of piperidine rings is 1. The molecular formula is C23H25FN4O2S. The number of likely N-dealkylation sites (tertiary alicyclic amines) is 1. The van der Waals surface area contributed by atoms with Crippen molar-refractivity contribution in [3.05, 3.63) is 70.1 Å². The largest absolute Gasteiger partial charge is 0.439 e. The van der Waals surface area contributed by atoms with Crippen molar-refractivity contribution in [1.82, 2.24) is 20.2 Å². The van der Waals surface area contributed by atoms with E-state index in [0.29, 0.717) is 18.2 Å². The molecule has 2 aromatic heterocycles. The number of rotatable bonds is 7. The first-order valence-electron chi connectivity index (χ1n) is 10.3. The van der Waals surface area contributed by atoms with E-state index in [2.05, 4.69) is 25.6 Å². The minimum Gasteiger partial charge on any atom is -0.439 e. The maximum Gasteiger partial charge on any atom is 0.223 e. The van der Waals surface area contributed by atoms with Crippen LogP contribution >= 0.6 is 11.3 Å². The van der Waals surface area contributed by atoms with Gasteiger partial charge in [-0.2, -0.15) is 0 Å². The van der Waals surface area contributed by atoms with Crippen LogP contribution in [0.3, 0.4) is 0 Å². The first-order chi connectivity index (χ1) is 15.0. The van der Waals surface area contributed by atoms with Crippen LogP contribution in [0.25, 0.3) is 0 Å². The number of aryl methyl sites for hydroxylation is 1. The predicted molar refractivity (Wildman–Crippen MR) is 117 cm³/mol. The maximum absolute atomic E-state index is 13.0. The number of thiazole rings is 1. The summed E-state index contributed by atoms with van der Waals surface area (Å²) in [6.07, 6.45) is 3.34. The van der Waals surface area contributed by atoms with Crippen LogP contribution in [0.4, 0.5) is 4.39 Å². The van der Waals surface area contributed by atoms with Gasteiger partial charge in [-0.25, -0.2) is 14.4 Å². The molecule has 3 heterocycles. The lowest BCUT2D eigenvalue weighted by atomic mass is 9.95. The summed E-state index contributed by atoms with van der Waals surface area (Å²) >= 11 is 1.67. The highest BCUT2D eigenvalue weighted by atomic mass is 32.1. The lowest BCUT2D eigenvalue weighted by Gasteiger charge is -2.30. The van der Waals surface area contributed by atoms with Gasteiger partial charge in [0, 0.05) is 36.7 Å². The van der Waals surface area contributed by atoms with Crippen LogP contribution in [0.15, 0.2) is 48.0 Å². The lowest BCUT2D eigenvalue weighted by molar-refractivity contribution is -0.126. The van der Waals surface area contributed by atoms with Gasteiger partial charge < -0.3 is 10.1 Å². The fraction of sp³-hybridized carbons (Fsp3) is 0.348. The Morgan fingerprint density at radius 2 is 2.03 bits per heavy atom. The van der Waals surface area contributed by atoms with Crippen LogP contribution in [-0.2, 0) is 17.9 Å². The first kappa shape index (κ1) is 21.4. The molecule has 1 aromatic carbocycles.